The molecule has 0 unspecified atom stereocenters. The van der Waals surface area contributed by atoms with Crippen LogP contribution in [0.2, 0.25) is 0 Å². The third-order valence-electron chi connectivity index (χ3n) is 1.90. The first-order valence-corrected chi connectivity index (χ1v) is 3.50. The standard InChI is InChI=1S/C7H12O4/c8-3-4-1-2-5(9)7(11)6(4)10/h1-2,4-11H,3H2/t4-,5+,6-,7+/m1/s1. The molecule has 0 saturated carbocycles. The lowest BCUT2D eigenvalue weighted by Gasteiger charge is -2.29. The van der Waals surface area contributed by atoms with E-state index in [-0.39, 0.29) is 6.61 Å². The van der Waals surface area contributed by atoms with Crippen LogP contribution in [-0.2, 0) is 0 Å². The van der Waals surface area contributed by atoms with Crippen LogP contribution in [0.3, 0.4) is 0 Å². The van der Waals surface area contributed by atoms with Crippen LogP contribution in [0.4, 0.5) is 0 Å². The maximum Gasteiger partial charge on any atom is 0.110 e. The van der Waals surface area contributed by atoms with E-state index >= 15 is 0 Å². The predicted octanol–water partition coefficient (Wildman–Crippen LogP) is -1.75. The van der Waals surface area contributed by atoms with Crippen LogP contribution in [-0.4, -0.2) is 45.3 Å². The molecule has 0 bridgehead atoms. The van der Waals surface area contributed by atoms with E-state index in [0.29, 0.717) is 0 Å². The van der Waals surface area contributed by atoms with Crippen LogP contribution in [0.25, 0.3) is 0 Å². The van der Waals surface area contributed by atoms with Crippen LogP contribution in [0.15, 0.2) is 12.2 Å². The quantitative estimate of drug-likeness (QED) is 0.343. The number of hydrogen-bond donors (Lipinski definition) is 4. The molecule has 4 heteroatoms. The lowest BCUT2D eigenvalue weighted by Crippen LogP contribution is -2.44. The Bertz CT molecular complexity index is 157. The van der Waals surface area contributed by atoms with Crippen molar-refractivity contribution >= 4 is 0 Å². The van der Waals surface area contributed by atoms with Gasteiger partial charge in [-0.2, -0.15) is 0 Å². The normalized spacial score (nSPS) is 44.4. The van der Waals surface area contributed by atoms with Gasteiger partial charge in [0, 0.05) is 5.92 Å². The van der Waals surface area contributed by atoms with Gasteiger partial charge in [-0.05, 0) is 0 Å². The molecule has 4 N–H and O–H groups in total. The van der Waals surface area contributed by atoms with Gasteiger partial charge < -0.3 is 20.4 Å². The summed E-state index contributed by atoms with van der Waals surface area (Å²) in [5.41, 5.74) is 0. The Balaban J connectivity index is 2.68. The van der Waals surface area contributed by atoms with Gasteiger partial charge in [0.15, 0.2) is 0 Å². The smallest absolute Gasteiger partial charge is 0.110 e. The highest BCUT2D eigenvalue weighted by Gasteiger charge is 2.31. The summed E-state index contributed by atoms with van der Waals surface area (Å²) < 4.78 is 0. The van der Waals surface area contributed by atoms with Crippen molar-refractivity contribution in [2.24, 2.45) is 5.92 Å². The van der Waals surface area contributed by atoms with Crippen molar-refractivity contribution in [1.29, 1.82) is 0 Å². The van der Waals surface area contributed by atoms with Gasteiger partial charge in [0.05, 0.1) is 12.7 Å². The fourth-order valence-electron chi connectivity index (χ4n) is 1.11. The summed E-state index contributed by atoms with van der Waals surface area (Å²) in [6, 6.07) is 0. The average Bonchev–Trinajstić information content (AvgIpc) is 2.01. The highest BCUT2D eigenvalue weighted by molar-refractivity contribution is 5.06. The van der Waals surface area contributed by atoms with Crippen molar-refractivity contribution < 1.29 is 20.4 Å². The van der Waals surface area contributed by atoms with Crippen molar-refractivity contribution in [3.05, 3.63) is 12.2 Å². The molecule has 0 spiro atoms. The average molecular weight is 160 g/mol. The summed E-state index contributed by atoms with van der Waals surface area (Å²) in [5, 5.41) is 35.9. The molecule has 1 rings (SSSR count). The van der Waals surface area contributed by atoms with E-state index in [0.717, 1.165) is 0 Å². The Kier molecular flexibility index (Phi) is 2.62. The van der Waals surface area contributed by atoms with Crippen LogP contribution in [0, 0.1) is 5.92 Å². The molecule has 0 radical (unpaired) electrons. The van der Waals surface area contributed by atoms with Crippen LogP contribution in [0.1, 0.15) is 0 Å². The fourth-order valence-corrected chi connectivity index (χ4v) is 1.11. The van der Waals surface area contributed by atoms with Gasteiger partial charge >= 0.3 is 0 Å². The molecule has 0 aromatic heterocycles. The fraction of sp³-hybridized carbons (Fsp3) is 0.714. The van der Waals surface area contributed by atoms with E-state index in [1.807, 2.05) is 0 Å². The minimum atomic E-state index is -1.18. The second kappa shape index (κ2) is 3.32. The van der Waals surface area contributed by atoms with Crippen molar-refractivity contribution in [2.45, 2.75) is 18.3 Å². The summed E-state index contributed by atoms with van der Waals surface area (Å²) in [7, 11) is 0. The Labute approximate surface area is 64.4 Å². The minimum Gasteiger partial charge on any atom is -0.396 e. The molecular weight excluding hydrogens is 148 g/mol. The van der Waals surface area contributed by atoms with Crippen LogP contribution in [0.5, 0.6) is 0 Å². The lowest BCUT2D eigenvalue weighted by molar-refractivity contribution is -0.0728. The van der Waals surface area contributed by atoms with Gasteiger partial charge in [0.2, 0.25) is 0 Å². The van der Waals surface area contributed by atoms with E-state index in [1.54, 1.807) is 0 Å². The van der Waals surface area contributed by atoms with E-state index < -0.39 is 24.2 Å². The van der Waals surface area contributed by atoms with Gasteiger partial charge in [-0.3, -0.25) is 0 Å². The molecule has 64 valence electrons. The van der Waals surface area contributed by atoms with E-state index in [9.17, 15) is 5.11 Å². The third kappa shape index (κ3) is 1.59. The lowest BCUT2D eigenvalue weighted by atomic mass is 9.89. The number of hydrogen-bond acceptors (Lipinski definition) is 4. The molecule has 0 aromatic carbocycles. The molecule has 0 aliphatic heterocycles. The molecule has 4 nitrogen and oxygen atoms in total. The monoisotopic (exact) mass is 160 g/mol. The number of aliphatic hydroxyl groups excluding tert-OH is 4. The highest BCUT2D eigenvalue weighted by atomic mass is 16.4. The summed E-state index contributed by atoms with van der Waals surface area (Å²) in [6.45, 7) is -0.221. The first-order valence-electron chi connectivity index (χ1n) is 3.50. The minimum absolute atomic E-state index is 0.221. The highest BCUT2D eigenvalue weighted by Crippen LogP contribution is 2.18. The Morgan fingerprint density at radius 2 is 1.64 bits per heavy atom. The molecule has 0 fully saturated rings. The zero-order chi connectivity index (χ0) is 8.43. The molecular formula is C7H12O4. The van der Waals surface area contributed by atoms with E-state index in [4.69, 9.17) is 15.3 Å². The zero-order valence-corrected chi connectivity index (χ0v) is 5.96. The van der Waals surface area contributed by atoms with E-state index in [1.165, 1.54) is 12.2 Å². The Morgan fingerprint density at radius 3 is 2.18 bits per heavy atom. The Morgan fingerprint density at radius 1 is 1.00 bits per heavy atom. The molecule has 0 aromatic rings. The van der Waals surface area contributed by atoms with Crippen LogP contribution >= 0.6 is 0 Å². The maximum absolute atomic E-state index is 9.19. The summed E-state index contributed by atoms with van der Waals surface area (Å²) in [4.78, 5) is 0. The summed E-state index contributed by atoms with van der Waals surface area (Å²) in [6.07, 6.45) is -0.398. The van der Waals surface area contributed by atoms with Gasteiger partial charge in [-0.15, -0.1) is 0 Å². The van der Waals surface area contributed by atoms with Gasteiger partial charge in [-0.1, -0.05) is 12.2 Å². The number of aliphatic hydroxyl groups is 4. The van der Waals surface area contributed by atoms with Gasteiger partial charge in [0.1, 0.15) is 12.2 Å². The van der Waals surface area contributed by atoms with Crippen molar-refractivity contribution in [1.82, 2.24) is 0 Å². The van der Waals surface area contributed by atoms with Crippen molar-refractivity contribution in [3.8, 4) is 0 Å². The first-order chi connectivity index (χ1) is 5.16. The first kappa shape index (κ1) is 8.67. The van der Waals surface area contributed by atoms with Gasteiger partial charge in [0.25, 0.3) is 0 Å². The molecule has 0 saturated heterocycles. The topological polar surface area (TPSA) is 80.9 Å². The van der Waals surface area contributed by atoms with Crippen LogP contribution < -0.4 is 0 Å². The summed E-state index contributed by atoms with van der Waals surface area (Å²) >= 11 is 0. The SMILES string of the molecule is OC[C@H]1C=C[C@H](O)[C@H](O)[C@@H]1O. The van der Waals surface area contributed by atoms with E-state index in [2.05, 4.69) is 0 Å². The maximum atomic E-state index is 9.19. The molecule has 11 heavy (non-hydrogen) atoms. The molecule has 0 amide bonds. The third-order valence-corrected chi connectivity index (χ3v) is 1.90. The second-order valence-corrected chi connectivity index (χ2v) is 2.70. The van der Waals surface area contributed by atoms with Crippen molar-refractivity contribution in [3.63, 3.8) is 0 Å². The molecule has 4 atom stereocenters. The largest absolute Gasteiger partial charge is 0.396 e. The molecule has 0 heterocycles. The zero-order valence-electron chi connectivity index (χ0n) is 5.96. The number of rotatable bonds is 1. The summed E-state index contributed by atoms with van der Waals surface area (Å²) in [5.74, 6) is -0.464. The molecule has 1 aliphatic carbocycles. The predicted molar refractivity (Wildman–Crippen MR) is 37.7 cm³/mol. The van der Waals surface area contributed by atoms with Crippen molar-refractivity contribution in [2.75, 3.05) is 6.61 Å². The second-order valence-electron chi connectivity index (χ2n) is 2.70. The molecule has 1 aliphatic rings. The van der Waals surface area contributed by atoms with Gasteiger partial charge in [-0.25, -0.2) is 0 Å². The Hall–Kier alpha value is -0.420.